The van der Waals surface area contributed by atoms with Crippen molar-refractivity contribution in [1.29, 1.82) is 0 Å². The van der Waals surface area contributed by atoms with Crippen molar-refractivity contribution in [2.75, 3.05) is 13.2 Å². The Labute approximate surface area is 101 Å². The lowest BCUT2D eigenvalue weighted by Crippen LogP contribution is -2.35. The van der Waals surface area contributed by atoms with Gasteiger partial charge in [0.25, 0.3) is 0 Å². The minimum absolute atomic E-state index is 0.0185. The molecule has 1 atom stereocenters. The first kappa shape index (κ1) is 12.2. The molecule has 1 aromatic carbocycles. The molecule has 0 radical (unpaired) electrons. The maximum absolute atomic E-state index is 12.9. The third-order valence-corrected chi connectivity index (χ3v) is 3.48. The molecular formula is C14H17FO2. The minimum Gasteiger partial charge on any atom is -0.381 e. The Hall–Kier alpha value is -1.22. The second-order valence-corrected chi connectivity index (χ2v) is 5.06. The number of carbonyl (C=O) groups is 1. The standard InChI is InChI=1S/C14H17FO2/c1-14(2,11-3-5-12(15)6-4-11)13(16)10-7-8-17-9-10/h3-6,10H,7-9H2,1-2H3. The molecule has 1 saturated heterocycles. The molecule has 17 heavy (non-hydrogen) atoms. The predicted molar refractivity (Wildman–Crippen MR) is 63.4 cm³/mol. The highest BCUT2D eigenvalue weighted by molar-refractivity contribution is 5.91. The molecule has 0 bridgehead atoms. The summed E-state index contributed by atoms with van der Waals surface area (Å²) >= 11 is 0. The Bertz CT molecular complexity index is 403. The van der Waals surface area contributed by atoms with E-state index in [9.17, 15) is 9.18 Å². The zero-order chi connectivity index (χ0) is 12.5. The van der Waals surface area contributed by atoms with E-state index in [0.717, 1.165) is 12.0 Å². The fourth-order valence-electron chi connectivity index (χ4n) is 2.26. The third-order valence-electron chi connectivity index (χ3n) is 3.48. The molecule has 0 amide bonds. The van der Waals surface area contributed by atoms with E-state index in [1.165, 1.54) is 12.1 Å². The smallest absolute Gasteiger partial charge is 0.148 e. The quantitative estimate of drug-likeness (QED) is 0.806. The molecule has 1 fully saturated rings. The summed E-state index contributed by atoms with van der Waals surface area (Å²) in [7, 11) is 0. The van der Waals surface area contributed by atoms with Crippen molar-refractivity contribution in [2.24, 2.45) is 5.92 Å². The van der Waals surface area contributed by atoms with Gasteiger partial charge in [0.2, 0.25) is 0 Å². The summed E-state index contributed by atoms with van der Waals surface area (Å²) in [5.74, 6) is -0.113. The van der Waals surface area contributed by atoms with Gasteiger partial charge in [-0.05, 0) is 38.0 Å². The highest BCUT2D eigenvalue weighted by atomic mass is 19.1. The molecule has 0 spiro atoms. The fraction of sp³-hybridized carbons (Fsp3) is 0.500. The number of rotatable bonds is 3. The van der Waals surface area contributed by atoms with Crippen LogP contribution in [0.3, 0.4) is 0 Å². The van der Waals surface area contributed by atoms with E-state index in [2.05, 4.69) is 0 Å². The largest absolute Gasteiger partial charge is 0.381 e. The van der Waals surface area contributed by atoms with Crippen molar-refractivity contribution >= 4 is 5.78 Å². The summed E-state index contributed by atoms with van der Waals surface area (Å²) < 4.78 is 18.1. The number of Topliss-reactive ketones (excluding diaryl/α,β-unsaturated/α-hetero) is 1. The summed E-state index contributed by atoms with van der Waals surface area (Å²) in [4.78, 5) is 12.4. The van der Waals surface area contributed by atoms with E-state index in [-0.39, 0.29) is 17.5 Å². The van der Waals surface area contributed by atoms with Crippen molar-refractivity contribution in [3.63, 3.8) is 0 Å². The Morgan fingerprint density at radius 1 is 1.35 bits per heavy atom. The number of ketones is 1. The molecule has 1 unspecified atom stereocenters. The fourth-order valence-corrected chi connectivity index (χ4v) is 2.26. The summed E-state index contributed by atoms with van der Waals surface area (Å²) in [6, 6.07) is 6.16. The molecule has 3 heteroatoms. The Kier molecular flexibility index (Phi) is 3.29. The second kappa shape index (κ2) is 4.57. The van der Waals surface area contributed by atoms with E-state index in [0.29, 0.717) is 13.2 Å². The SMILES string of the molecule is CC(C)(C(=O)C1CCOC1)c1ccc(F)cc1. The summed E-state index contributed by atoms with van der Waals surface area (Å²) in [6.07, 6.45) is 0.795. The van der Waals surface area contributed by atoms with Gasteiger partial charge in [-0.25, -0.2) is 4.39 Å². The van der Waals surface area contributed by atoms with E-state index in [4.69, 9.17) is 4.74 Å². The highest BCUT2D eigenvalue weighted by Gasteiger charge is 2.36. The molecule has 1 aliphatic rings. The zero-order valence-corrected chi connectivity index (χ0v) is 10.2. The monoisotopic (exact) mass is 236 g/mol. The van der Waals surface area contributed by atoms with Crippen molar-refractivity contribution in [2.45, 2.75) is 25.7 Å². The van der Waals surface area contributed by atoms with Gasteiger partial charge in [-0.3, -0.25) is 4.79 Å². The highest BCUT2D eigenvalue weighted by Crippen LogP contribution is 2.30. The molecule has 0 aromatic heterocycles. The third kappa shape index (κ3) is 2.39. The van der Waals surface area contributed by atoms with Crippen molar-refractivity contribution in [1.82, 2.24) is 0 Å². The van der Waals surface area contributed by atoms with Crippen LogP contribution in [0.15, 0.2) is 24.3 Å². The Balaban J connectivity index is 2.22. The maximum atomic E-state index is 12.9. The van der Waals surface area contributed by atoms with Gasteiger partial charge in [0.1, 0.15) is 11.6 Å². The molecule has 2 nitrogen and oxygen atoms in total. The average molecular weight is 236 g/mol. The van der Waals surface area contributed by atoms with Crippen LogP contribution in [0.4, 0.5) is 4.39 Å². The molecule has 0 aliphatic carbocycles. The molecule has 0 saturated carbocycles. The van der Waals surface area contributed by atoms with Gasteiger partial charge in [-0.2, -0.15) is 0 Å². The van der Waals surface area contributed by atoms with E-state index >= 15 is 0 Å². The van der Waals surface area contributed by atoms with Gasteiger partial charge in [0, 0.05) is 17.9 Å². The van der Waals surface area contributed by atoms with Gasteiger partial charge >= 0.3 is 0 Å². The number of ether oxygens (including phenoxy) is 1. The van der Waals surface area contributed by atoms with Gasteiger partial charge in [-0.15, -0.1) is 0 Å². The van der Waals surface area contributed by atoms with Gasteiger partial charge in [0.15, 0.2) is 0 Å². The topological polar surface area (TPSA) is 26.3 Å². The Morgan fingerprint density at radius 2 is 2.00 bits per heavy atom. The number of carbonyl (C=O) groups excluding carboxylic acids is 1. The van der Waals surface area contributed by atoms with Gasteiger partial charge in [0.05, 0.1) is 6.61 Å². The van der Waals surface area contributed by atoms with Crippen molar-refractivity contribution < 1.29 is 13.9 Å². The molecule has 0 N–H and O–H groups in total. The van der Waals surface area contributed by atoms with Crippen LogP contribution in [0.2, 0.25) is 0 Å². The first-order valence-electron chi connectivity index (χ1n) is 5.90. The van der Waals surface area contributed by atoms with Crippen molar-refractivity contribution in [3.05, 3.63) is 35.6 Å². The molecule has 2 rings (SSSR count). The zero-order valence-electron chi connectivity index (χ0n) is 10.2. The van der Waals surface area contributed by atoms with Crippen LogP contribution < -0.4 is 0 Å². The van der Waals surface area contributed by atoms with Crippen LogP contribution in [-0.4, -0.2) is 19.0 Å². The lowest BCUT2D eigenvalue weighted by Gasteiger charge is -2.26. The molecular weight excluding hydrogens is 219 g/mol. The van der Waals surface area contributed by atoms with Crippen LogP contribution in [-0.2, 0) is 14.9 Å². The summed E-state index contributed by atoms with van der Waals surface area (Å²) in [5.41, 5.74) is 0.280. The normalized spacial score (nSPS) is 20.5. The van der Waals surface area contributed by atoms with Gasteiger partial charge < -0.3 is 4.74 Å². The first-order valence-corrected chi connectivity index (χ1v) is 5.90. The molecule has 92 valence electrons. The predicted octanol–water partition coefficient (Wildman–Crippen LogP) is 2.71. The maximum Gasteiger partial charge on any atom is 0.148 e. The van der Waals surface area contributed by atoms with Crippen LogP contribution in [0.1, 0.15) is 25.8 Å². The lowest BCUT2D eigenvalue weighted by molar-refractivity contribution is -0.127. The van der Waals surface area contributed by atoms with E-state index in [1.54, 1.807) is 12.1 Å². The van der Waals surface area contributed by atoms with E-state index < -0.39 is 5.41 Å². The number of benzene rings is 1. The first-order chi connectivity index (χ1) is 8.01. The minimum atomic E-state index is -0.577. The molecule has 1 heterocycles. The van der Waals surface area contributed by atoms with Crippen LogP contribution >= 0.6 is 0 Å². The van der Waals surface area contributed by atoms with Crippen LogP contribution in [0.25, 0.3) is 0 Å². The van der Waals surface area contributed by atoms with E-state index in [1.807, 2.05) is 13.8 Å². The van der Waals surface area contributed by atoms with Crippen LogP contribution in [0, 0.1) is 11.7 Å². The van der Waals surface area contributed by atoms with Crippen molar-refractivity contribution in [3.8, 4) is 0 Å². The molecule has 1 aliphatic heterocycles. The summed E-state index contributed by atoms with van der Waals surface area (Å²) in [5, 5.41) is 0. The average Bonchev–Trinajstić information content (AvgIpc) is 2.82. The molecule has 1 aromatic rings. The second-order valence-electron chi connectivity index (χ2n) is 5.06. The number of hydrogen-bond donors (Lipinski definition) is 0. The Morgan fingerprint density at radius 3 is 2.53 bits per heavy atom. The van der Waals surface area contributed by atoms with Crippen LogP contribution in [0.5, 0.6) is 0 Å². The summed E-state index contributed by atoms with van der Waals surface area (Å²) in [6.45, 7) is 4.96. The lowest BCUT2D eigenvalue weighted by atomic mass is 9.75. The number of hydrogen-bond acceptors (Lipinski definition) is 2. The number of halogens is 1. The van der Waals surface area contributed by atoms with Gasteiger partial charge in [-0.1, -0.05) is 12.1 Å².